The highest BCUT2D eigenvalue weighted by atomic mass is 32.1. The van der Waals surface area contributed by atoms with Crippen molar-refractivity contribution in [3.05, 3.63) is 86.6 Å². The van der Waals surface area contributed by atoms with Crippen LogP contribution in [0.1, 0.15) is 50.4 Å². The minimum atomic E-state index is 0.134. The highest BCUT2D eigenvalue weighted by Crippen LogP contribution is 2.53. The molecule has 2 aromatic carbocycles. The van der Waals surface area contributed by atoms with Gasteiger partial charge in [-0.2, -0.15) is 0 Å². The van der Waals surface area contributed by atoms with Gasteiger partial charge in [-0.1, -0.05) is 24.3 Å². The lowest BCUT2D eigenvalue weighted by Crippen LogP contribution is -2.35. The van der Waals surface area contributed by atoms with E-state index >= 15 is 0 Å². The second-order valence-corrected chi connectivity index (χ2v) is 8.98. The zero-order valence-corrected chi connectivity index (χ0v) is 16.1. The Balaban J connectivity index is 1.70. The van der Waals surface area contributed by atoms with Crippen LogP contribution in [0.4, 0.5) is 5.69 Å². The van der Waals surface area contributed by atoms with Gasteiger partial charge >= 0.3 is 0 Å². The van der Waals surface area contributed by atoms with Crippen molar-refractivity contribution in [1.29, 1.82) is 5.41 Å². The summed E-state index contributed by atoms with van der Waals surface area (Å²) in [7, 11) is 0. The number of amidine groups is 1. The van der Waals surface area contributed by atoms with E-state index < -0.39 is 0 Å². The minimum Gasteiger partial charge on any atom is -0.384 e. The molecule has 0 spiro atoms. The van der Waals surface area contributed by atoms with E-state index in [4.69, 9.17) is 11.1 Å². The van der Waals surface area contributed by atoms with Crippen LogP contribution in [0.25, 0.3) is 0 Å². The highest BCUT2D eigenvalue weighted by molar-refractivity contribution is 7.12. The van der Waals surface area contributed by atoms with Crippen LogP contribution < -0.4 is 11.1 Å². The third-order valence-electron chi connectivity index (χ3n) is 6.07. The third-order valence-corrected chi connectivity index (χ3v) is 7.15. The van der Waals surface area contributed by atoms with Crippen molar-refractivity contribution < 1.29 is 0 Å². The second kappa shape index (κ2) is 6.24. The van der Waals surface area contributed by atoms with Crippen LogP contribution in [0.3, 0.4) is 0 Å². The summed E-state index contributed by atoms with van der Waals surface area (Å²) < 4.78 is 0. The molecule has 0 saturated heterocycles. The van der Waals surface area contributed by atoms with Crippen molar-refractivity contribution in [1.82, 2.24) is 0 Å². The molecule has 2 aliphatic rings. The quantitative estimate of drug-likeness (QED) is 0.427. The lowest BCUT2D eigenvalue weighted by atomic mass is 9.66. The molecule has 4 N–H and O–H groups in total. The van der Waals surface area contributed by atoms with Crippen LogP contribution in [0.5, 0.6) is 0 Å². The Morgan fingerprint density at radius 3 is 2.74 bits per heavy atom. The maximum atomic E-state index is 7.87. The summed E-state index contributed by atoms with van der Waals surface area (Å²) in [5.41, 5.74) is 12.0. The maximum Gasteiger partial charge on any atom is 0.122 e. The molecule has 0 saturated carbocycles. The minimum absolute atomic E-state index is 0.134. The zero-order valence-electron chi connectivity index (χ0n) is 15.3. The first kappa shape index (κ1) is 16.6. The van der Waals surface area contributed by atoms with E-state index in [9.17, 15) is 0 Å². The number of thiophene rings is 1. The van der Waals surface area contributed by atoms with Crippen molar-refractivity contribution in [3.8, 4) is 0 Å². The molecule has 4 heteroatoms. The van der Waals surface area contributed by atoms with Crippen molar-refractivity contribution in [2.75, 3.05) is 5.32 Å². The van der Waals surface area contributed by atoms with Gasteiger partial charge in [0.1, 0.15) is 5.84 Å². The van der Waals surface area contributed by atoms with Gasteiger partial charge in [0, 0.05) is 26.9 Å². The number of nitrogens with one attached hydrogen (secondary N) is 2. The van der Waals surface area contributed by atoms with E-state index in [2.05, 4.69) is 60.8 Å². The molecule has 3 atom stereocenters. The molecule has 136 valence electrons. The Labute approximate surface area is 163 Å². The number of benzene rings is 2. The van der Waals surface area contributed by atoms with E-state index in [1.54, 1.807) is 0 Å². The van der Waals surface area contributed by atoms with Crippen LogP contribution in [-0.4, -0.2) is 5.84 Å². The van der Waals surface area contributed by atoms with Crippen LogP contribution in [0.2, 0.25) is 0 Å². The molecule has 0 fully saturated rings. The first-order valence-electron chi connectivity index (χ1n) is 9.51. The van der Waals surface area contributed by atoms with E-state index in [-0.39, 0.29) is 5.84 Å². The van der Waals surface area contributed by atoms with Crippen molar-refractivity contribution >= 4 is 22.9 Å². The summed E-state index contributed by atoms with van der Waals surface area (Å²) >= 11 is 1.90. The second-order valence-electron chi connectivity index (χ2n) is 7.67. The van der Waals surface area contributed by atoms with Crippen LogP contribution in [0.15, 0.2) is 54.6 Å². The third kappa shape index (κ3) is 2.67. The number of aryl methyl sites for hydroxylation is 2. The van der Waals surface area contributed by atoms with Gasteiger partial charge < -0.3 is 11.1 Å². The van der Waals surface area contributed by atoms with Gasteiger partial charge in [-0.25, -0.2) is 0 Å². The molecule has 1 aliphatic heterocycles. The van der Waals surface area contributed by atoms with Gasteiger partial charge in [0.25, 0.3) is 0 Å². The maximum absolute atomic E-state index is 7.87. The number of fused-ring (bicyclic) bond motifs is 5. The SMILES string of the molecule is Cc1ccc(C2Nc3ccc(C(=N)N)cc3C3c4ccccc4CCC23)s1. The molecule has 3 aromatic rings. The monoisotopic (exact) mass is 373 g/mol. The standard InChI is InChI=1S/C23H23N3S/c1-13-6-11-20(27-13)22-17-9-7-14-4-2-3-5-16(14)21(17)18-12-15(23(24)25)8-10-19(18)26-22/h2-6,8,10-12,17,21-22,26H,7,9H2,1H3,(H3,24,25). The molecule has 0 amide bonds. The summed E-state index contributed by atoms with van der Waals surface area (Å²) in [6.45, 7) is 2.18. The molecule has 27 heavy (non-hydrogen) atoms. The van der Waals surface area contributed by atoms with E-state index in [1.165, 1.54) is 38.6 Å². The van der Waals surface area contributed by atoms with Gasteiger partial charge in [0.15, 0.2) is 0 Å². The average molecular weight is 374 g/mol. The van der Waals surface area contributed by atoms with Crippen molar-refractivity contribution in [2.24, 2.45) is 11.7 Å². The largest absolute Gasteiger partial charge is 0.384 e. The summed E-state index contributed by atoms with van der Waals surface area (Å²) in [6.07, 6.45) is 2.29. The predicted molar refractivity (Wildman–Crippen MR) is 113 cm³/mol. The zero-order chi connectivity index (χ0) is 18.5. The smallest absolute Gasteiger partial charge is 0.122 e. The molecule has 3 unspecified atom stereocenters. The number of hydrogen-bond acceptors (Lipinski definition) is 3. The lowest BCUT2D eigenvalue weighted by molar-refractivity contribution is 0.351. The molecular weight excluding hydrogens is 350 g/mol. The Morgan fingerprint density at radius 2 is 1.96 bits per heavy atom. The number of anilines is 1. The van der Waals surface area contributed by atoms with Crippen LogP contribution in [-0.2, 0) is 6.42 Å². The number of hydrogen-bond donors (Lipinski definition) is 3. The molecule has 3 nitrogen and oxygen atoms in total. The van der Waals surface area contributed by atoms with Gasteiger partial charge in [0.05, 0.1) is 6.04 Å². The van der Waals surface area contributed by atoms with Crippen LogP contribution >= 0.6 is 11.3 Å². The first-order chi connectivity index (χ1) is 13.1. The fraction of sp³-hybridized carbons (Fsp3) is 0.261. The fourth-order valence-corrected chi connectivity index (χ4v) is 5.84. The number of nitrogens with two attached hydrogens (primary N) is 1. The Bertz CT molecular complexity index is 1040. The Kier molecular flexibility index (Phi) is 3.83. The molecular formula is C23H23N3S. The number of nitrogen functional groups attached to an aromatic ring is 1. The van der Waals surface area contributed by atoms with Crippen molar-refractivity contribution in [3.63, 3.8) is 0 Å². The molecule has 0 bridgehead atoms. The molecule has 0 radical (unpaired) electrons. The normalized spacial score (nSPS) is 22.9. The molecule has 2 heterocycles. The summed E-state index contributed by atoms with van der Waals surface area (Å²) in [6, 6.07) is 19.9. The predicted octanol–water partition coefficient (Wildman–Crippen LogP) is 5.20. The van der Waals surface area contributed by atoms with E-state index in [0.29, 0.717) is 17.9 Å². The van der Waals surface area contributed by atoms with Gasteiger partial charge in [-0.05, 0) is 72.7 Å². The number of rotatable bonds is 2. The molecule has 5 rings (SSSR count). The summed E-state index contributed by atoms with van der Waals surface area (Å²) in [4.78, 5) is 2.78. The fourth-order valence-electron chi connectivity index (χ4n) is 4.84. The first-order valence-corrected chi connectivity index (χ1v) is 10.3. The van der Waals surface area contributed by atoms with Crippen molar-refractivity contribution in [2.45, 2.75) is 31.7 Å². The lowest BCUT2D eigenvalue weighted by Gasteiger charge is -2.44. The van der Waals surface area contributed by atoms with E-state index in [1.807, 2.05) is 17.4 Å². The Morgan fingerprint density at radius 1 is 1.11 bits per heavy atom. The van der Waals surface area contributed by atoms with Gasteiger partial charge in [-0.15, -0.1) is 11.3 Å². The summed E-state index contributed by atoms with van der Waals surface area (Å²) in [5.74, 6) is 0.986. The average Bonchev–Trinajstić information content (AvgIpc) is 3.12. The van der Waals surface area contributed by atoms with E-state index in [0.717, 1.165) is 12.0 Å². The Hall–Kier alpha value is -2.59. The summed E-state index contributed by atoms with van der Waals surface area (Å²) in [5, 5.41) is 11.7. The topological polar surface area (TPSA) is 61.9 Å². The molecule has 1 aliphatic carbocycles. The van der Waals surface area contributed by atoms with Gasteiger partial charge in [0.2, 0.25) is 0 Å². The van der Waals surface area contributed by atoms with Gasteiger partial charge in [-0.3, -0.25) is 5.41 Å². The van der Waals surface area contributed by atoms with Crippen LogP contribution in [0, 0.1) is 18.3 Å². The highest BCUT2D eigenvalue weighted by Gasteiger charge is 2.41. The molecule has 1 aromatic heterocycles.